The average Bonchev–Trinajstić information content (AvgIpc) is 3.28. The summed E-state index contributed by atoms with van der Waals surface area (Å²) >= 11 is 0. The van der Waals surface area contributed by atoms with Crippen molar-refractivity contribution in [3.05, 3.63) is 83.4 Å². The monoisotopic (exact) mass is 421 g/mol. The zero-order valence-corrected chi connectivity index (χ0v) is 17.3. The maximum absolute atomic E-state index is 13.9. The van der Waals surface area contributed by atoms with E-state index in [1.54, 1.807) is 42.6 Å². The van der Waals surface area contributed by atoms with Crippen LogP contribution in [0, 0.1) is 5.82 Å². The van der Waals surface area contributed by atoms with Gasteiger partial charge in [-0.05, 0) is 42.9 Å². The van der Waals surface area contributed by atoms with Crippen molar-refractivity contribution in [1.82, 2.24) is 24.9 Å². The number of benzene rings is 2. The van der Waals surface area contributed by atoms with Crippen LogP contribution in [0.1, 0.15) is 26.4 Å². The fraction of sp³-hybridized carbons (Fsp3) is 0.261. The number of halogens is 1. The van der Waals surface area contributed by atoms with Crippen molar-refractivity contribution in [3.8, 4) is 5.69 Å². The van der Waals surface area contributed by atoms with E-state index in [4.69, 9.17) is 0 Å². The van der Waals surface area contributed by atoms with E-state index in [2.05, 4.69) is 22.4 Å². The van der Waals surface area contributed by atoms with Gasteiger partial charge in [-0.1, -0.05) is 24.3 Å². The molecule has 1 aliphatic rings. The van der Waals surface area contributed by atoms with Crippen molar-refractivity contribution in [1.29, 1.82) is 0 Å². The Morgan fingerprint density at radius 3 is 2.42 bits per heavy atom. The van der Waals surface area contributed by atoms with Crippen LogP contribution in [0.2, 0.25) is 0 Å². The molecule has 2 aromatic carbocycles. The number of hydrogen-bond donors (Lipinski definition) is 1. The molecule has 3 aromatic rings. The molecule has 2 heterocycles. The van der Waals surface area contributed by atoms with Crippen molar-refractivity contribution < 1.29 is 14.0 Å². The van der Waals surface area contributed by atoms with E-state index in [1.807, 2.05) is 17.0 Å². The van der Waals surface area contributed by atoms with Crippen LogP contribution in [-0.2, 0) is 6.54 Å². The van der Waals surface area contributed by atoms with E-state index in [1.165, 1.54) is 10.7 Å². The maximum Gasteiger partial charge on any atom is 0.272 e. The molecule has 0 unspecified atom stereocenters. The van der Waals surface area contributed by atoms with Crippen LogP contribution in [0.4, 0.5) is 4.39 Å². The number of likely N-dealkylation sites (N-methyl/N-ethyl adjacent to an activating group) is 1. The summed E-state index contributed by atoms with van der Waals surface area (Å²) in [5.74, 6) is -0.737. The van der Waals surface area contributed by atoms with E-state index in [0.29, 0.717) is 12.1 Å². The number of para-hydroxylation sites is 1. The fourth-order valence-electron chi connectivity index (χ4n) is 3.45. The van der Waals surface area contributed by atoms with Gasteiger partial charge >= 0.3 is 0 Å². The number of carbonyl (C=O) groups excluding carboxylic acids is 2. The summed E-state index contributed by atoms with van der Waals surface area (Å²) in [6.07, 6.45) is 1.55. The molecular formula is C23H24FN5O2. The lowest BCUT2D eigenvalue weighted by molar-refractivity contribution is 0.0664. The molecule has 0 radical (unpaired) electrons. The number of rotatable bonds is 5. The Morgan fingerprint density at radius 1 is 1.00 bits per heavy atom. The maximum atomic E-state index is 13.9. The molecule has 1 aliphatic heterocycles. The van der Waals surface area contributed by atoms with Gasteiger partial charge in [-0.25, -0.2) is 9.07 Å². The van der Waals surface area contributed by atoms with Crippen molar-refractivity contribution in [2.75, 3.05) is 33.2 Å². The van der Waals surface area contributed by atoms with Gasteiger partial charge in [-0.15, -0.1) is 0 Å². The lowest BCUT2D eigenvalue weighted by atomic mass is 10.1. The molecular weight excluding hydrogens is 397 g/mol. The number of nitrogens with one attached hydrogen (secondary N) is 1. The minimum Gasteiger partial charge on any atom is -0.347 e. The van der Waals surface area contributed by atoms with Crippen molar-refractivity contribution in [3.63, 3.8) is 0 Å². The number of hydrogen-bond acceptors (Lipinski definition) is 4. The Hall–Kier alpha value is -3.52. The third kappa shape index (κ3) is 4.80. The summed E-state index contributed by atoms with van der Waals surface area (Å²) in [7, 11) is 2.05. The van der Waals surface area contributed by atoms with Gasteiger partial charge in [0.2, 0.25) is 0 Å². The smallest absolute Gasteiger partial charge is 0.272 e. The minimum atomic E-state index is -0.413. The van der Waals surface area contributed by atoms with Gasteiger partial charge in [0.15, 0.2) is 5.69 Å². The predicted molar refractivity (Wildman–Crippen MR) is 115 cm³/mol. The summed E-state index contributed by atoms with van der Waals surface area (Å²) in [5, 5.41) is 6.96. The van der Waals surface area contributed by atoms with E-state index < -0.39 is 5.82 Å². The van der Waals surface area contributed by atoms with Gasteiger partial charge < -0.3 is 15.1 Å². The summed E-state index contributed by atoms with van der Waals surface area (Å²) in [6, 6.07) is 15.0. The number of carbonyl (C=O) groups is 2. The molecule has 0 atom stereocenters. The van der Waals surface area contributed by atoms with Crippen LogP contribution >= 0.6 is 0 Å². The van der Waals surface area contributed by atoms with Gasteiger partial charge in [0.1, 0.15) is 11.5 Å². The highest BCUT2D eigenvalue weighted by molar-refractivity contribution is 5.94. The predicted octanol–water partition coefficient (Wildman–Crippen LogP) is 2.33. The quantitative estimate of drug-likeness (QED) is 0.687. The number of nitrogens with zero attached hydrogens (tertiary/aromatic N) is 4. The average molecular weight is 421 g/mol. The molecule has 31 heavy (non-hydrogen) atoms. The van der Waals surface area contributed by atoms with E-state index in [-0.39, 0.29) is 23.2 Å². The third-order valence-corrected chi connectivity index (χ3v) is 5.37. The first-order chi connectivity index (χ1) is 15.0. The molecule has 2 amide bonds. The number of amides is 2. The fourth-order valence-corrected chi connectivity index (χ4v) is 3.45. The molecule has 1 aromatic heterocycles. The summed E-state index contributed by atoms with van der Waals surface area (Å²) in [5.41, 5.74) is 1.99. The van der Waals surface area contributed by atoms with Crippen LogP contribution in [-0.4, -0.2) is 64.6 Å². The Bertz CT molecular complexity index is 1070. The molecule has 7 nitrogen and oxygen atoms in total. The molecule has 1 saturated heterocycles. The molecule has 0 saturated carbocycles. The van der Waals surface area contributed by atoms with Gasteiger partial charge in [-0.3, -0.25) is 9.59 Å². The first kappa shape index (κ1) is 20.7. The third-order valence-electron chi connectivity index (χ3n) is 5.37. The SMILES string of the molecule is CN1CCN(C(=O)c2ccc(CNC(=O)c3ccn(-c4ccccc4F)n3)cc2)CC1. The van der Waals surface area contributed by atoms with Gasteiger partial charge in [-0.2, -0.15) is 5.10 Å². The van der Waals surface area contributed by atoms with Gasteiger partial charge in [0.05, 0.1) is 0 Å². The topological polar surface area (TPSA) is 70.5 Å². The second kappa shape index (κ2) is 9.09. The Balaban J connectivity index is 1.34. The summed E-state index contributed by atoms with van der Waals surface area (Å²) in [6.45, 7) is 3.51. The second-order valence-electron chi connectivity index (χ2n) is 7.57. The van der Waals surface area contributed by atoms with E-state index in [9.17, 15) is 14.0 Å². The van der Waals surface area contributed by atoms with Crippen LogP contribution < -0.4 is 5.32 Å². The van der Waals surface area contributed by atoms with Crippen molar-refractivity contribution in [2.24, 2.45) is 0 Å². The molecule has 160 valence electrons. The Kier molecular flexibility index (Phi) is 6.08. The largest absolute Gasteiger partial charge is 0.347 e. The minimum absolute atomic E-state index is 0.0300. The molecule has 0 spiro atoms. The second-order valence-corrected chi connectivity index (χ2v) is 7.57. The van der Waals surface area contributed by atoms with Crippen LogP contribution in [0.5, 0.6) is 0 Å². The molecule has 4 rings (SSSR count). The van der Waals surface area contributed by atoms with Crippen molar-refractivity contribution >= 4 is 11.8 Å². The zero-order valence-electron chi connectivity index (χ0n) is 17.3. The highest BCUT2D eigenvalue weighted by atomic mass is 19.1. The van der Waals surface area contributed by atoms with E-state index in [0.717, 1.165) is 31.7 Å². The highest BCUT2D eigenvalue weighted by Crippen LogP contribution is 2.13. The Morgan fingerprint density at radius 2 is 1.71 bits per heavy atom. The highest BCUT2D eigenvalue weighted by Gasteiger charge is 2.20. The first-order valence-corrected chi connectivity index (χ1v) is 10.2. The van der Waals surface area contributed by atoms with Crippen LogP contribution in [0.15, 0.2) is 60.8 Å². The number of piperazine rings is 1. The standard InChI is InChI=1S/C23H24FN5O2/c1-27-12-14-28(15-13-27)23(31)18-8-6-17(7-9-18)16-25-22(30)20-10-11-29(26-20)21-5-3-2-4-19(21)24/h2-11H,12-16H2,1H3,(H,25,30). The normalized spacial score (nSPS) is 14.5. The summed E-state index contributed by atoms with van der Waals surface area (Å²) < 4.78 is 15.2. The van der Waals surface area contributed by atoms with Gasteiger partial charge in [0, 0.05) is 44.5 Å². The molecule has 8 heteroatoms. The lowest BCUT2D eigenvalue weighted by Crippen LogP contribution is -2.47. The zero-order chi connectivity index (χ0) is 21.8. The van der Waals surface area contributed by atoms with Crippen LogP contribution in [0.25, 0.3) is 5.69 Å². The number of aromatic nitrogens is 2. The molecule has 0 aliphatic carbocycles. The molecule has 1 fully saturated rings. The van der Waals surface area contributed by atoms with Gasteiger partial charge in [0.25, 0.3) is 11.8 Å². The van der Waals surface area contributed by atoms with Crippen molar-refractivity contribution in [2.45, 2.75) is 6.54 Å². The van der Waals surface area contributed by atoms with Crippen LogP contribution in [0.3, 0.4) is 0 Å². The molecule has 0 bridgehead atoms. The molecule has 1 N–H and O–H groups in total. The van der Waals surface area contributed by atoms with E-state index >= 15 is 0 Å². The summed E-state index contributed by atoms with van der Waals surface area (Å²) in [4.78, 5) is 29.1. The lowest BCUT2D eigenvalue weighted by Gasteiger charge is -2.32. The Labute approximate surface area is 180 Å². The first-order valence-electron chi connectivity index (χ1n) is 10.2.